The van der Waals surface area contributed by atoms with Crippen LogP contribution in [0.4, 0.5) is 9.59 Å². The summed E-state index contributed by atoms with van der Waals surface area (Å²) in [6.45, 7) is 9.78. The van der Waals surface area contributed by atoms with Gasteiger partial charge >= 0.3 is 24.1 Å². The lowest BCUT2D eigenvalue weighted by atomic mass is 10.2. The molecule has 0 radical (unpaired) electrons. The molecule has 12 heteroatoms. The van der Waals surface area contributed by atoms with E-state index in [4.69, 9.17) is 14.6 Å². The maximum Gasteiger partial charge on any atom is 0.408 e. The van der Waals surface area contributed by atoms with Crippen molar-refractivity contribution in [2.45, 2.75) is 64.8 Å². The molecule has 2 atom stereocenters. The Balaban J connectivity index is 0. The van der Waals surface area contributed by atoms with Gasteiger partial charge in [0.1, 0.15) is 17.2 Å². The number of aliphatic hydroxyl groups is 1. The number of alkyl halides is 1. The monoisotopic (exact) mass is 500 g/mol. The van der Waals surface area contributed by atoms with Gasteiger partial charge in [-0.3, -0.25) is 0 Å². The summed E-state index contributed by atoms with van der Waals surface area (Å²) in [5.41, 5.74) is -1.24. The predicted molar refractivity (Wildman–Crippen MR) is 111 cm³/mol. The highest BCUT2D eigenvalue weighted by Crippen LogP contribution is 2.08. The van der Waals surface area contributed by atoms with E-state index in [1.807, 2.05) is 0 Å². The molecule has 0 saturated carbocycles. The smallest absolute Gasteiger partial charge is 0.408 e. The average molecular weight is 501 g/mol. The van der Waals surface area contributed by atoms with E-state index in [0.717, 1.165) is 0 Å². The number of alkyl carbamates (subject to hydrolysis) is 2. The summed E-state index contributed by atoms with van der Waals surface area (Å²) in [5, 5.41) is 13.7. The molecule has 176 valence electrons. The van der Waals surface area contributed by atoms with Crippen LogP contribution in [0.25, 0.3) is 0 Å². The zero-order valence-electron chi connectivity index (χ0n) is 18.7. The third-order valence-corrected chi connectivity index (χ3v) is 3.34. The van der Waals surface area contributed by atoms with Crippen molar-refractivity contribution in [2.75, 3.05) is 26.2 Å². The fourth-order valence-electron chi connectivity index (χ4n) is 1.52. The zero-order valence-corrected chi connectivity index (χ0v) is 20.2. The second kappa shape index (κ2) is 14.0. The third kappa shape index (κ3) is 15.8. The molecule has 11 nitrogen and oxygen atoms in total. The standard InChI is InChI=1S/C9H16BrNO4.C9H17NO5/c1-9(2,3)15-8(13)11-6(5-10)7(12)14-4;1-9(2,3)15-8(13)10-6(5-11)7(12)14-4/h6H,5H2,1-4H3,(H,11,13);6,11H,5H2,1-4H3,(H,10,13). The fourth-order valence-corrected chi connectivity index (χ4v) is 1.95. The minimum absolute atomic E-state index is 0.277. The number of esters is 2. The van der Waals surface area contributed by atoms with E-state index in [9.17, 15) is 19.2 Å². The van der Waals surface area contributed by atoms with Crippen molar-refractivity contribution >= 4 is 40.1 Å². The van der Waals surface area contributed by atoms with Crippen molar-refractivity contribution in [3.63, 3.8) is 0 Å². The first kappa shape index (κ1) is 30.1. The average Bonchev–Trinajstić information content (AvgIpc) is 2.60. The Hall–Kier alpha value is -2.08. The van der Waals surface area contributed by atoms with Crippen LogP contribution in [0.1, 0.15) is 41.5 Å². The number of ether oxygens (including phenoxy) is 4. The summed E-state index contributed by atoms with van der Waals surface area (Å²) in [6, 6.07) is -1.82. The number of methoxy groups -OCH3 is 2. The lowest BCUT2D eigenvalue weighted by Crippen LogP contribution is -2.46. The van der Waals surface area contributed by atoms with Crippen LogP contribution in [-0.4, -0.2) is 78.7 Å². The Morgan fingerprint density at radius 2 is 1.13 bits per heavy atom. The van der Waals surface area contributed by atoms with Gasteiger partial charge in [0.25, 0.3) is 0 Å². The Kier molecular flexibility index (Phi) is 14.1. The molecular formula is C18H33BrN2O9. The lowest BCUT2D eigenvalue weighted by molar-refractivity contribution is -0.144. The van der Waals surface area contributed by atoms with Crippen molar-refractivity contribution in [3.8, 4) is 0 Å². The van der Waals surface area contributed by atoms with Crippen molar-refractivity contribution in [3.05, 3.63) is 0 Å². The molecule has 0 heterocycles. The molecule has 30 heavy (non-hydrogen) atoms. The van der Waals surface area contributed by atoms with Crippen LogP contribution < -0.4 is 10.6 Å². The minimum atomic E-state index is -1.09. The molecule has 0 rings (SSSR count). The molecular weight excluding hydrogens is 468 g/mol. The molecule has 0 fully saturated rings. The van der Waals surface area contributed by atoms with Gasteiger partial charge in [0, 0.05) is 5.33 Å². The second-order valence-corrected chi connectivity index (χ2v) is 8.43. The zero-order chi connectivity index (χ0) is 24.1. The SMILES string of the molecule is COC(=O)C(CBr)NC(=O)OC(C)(C)C.COC(=O)C(CO)NC(=O)OC(C)(C)C. The lowest BCUT2D eigenvalue weighted by Gasteiger charge is -2.21. The predicted octanol–water partition coefficient (Wildman–Crippen LogP) is 1.49. The number of nitrogens with one attached hydrogen (secondary N) is 2. The van der Waals surface area contributed by atoms with E-state index in [-0.39, 0.29) is 5.33 Å². The highest BCUT2D eigenvalue weighted by molar-refractivity contribution is 9.09. The topological polar surface area (TPSA) is 149 Å². The van der Waals surface area contributed by atoms with Crippen LogP contribution in [0.2, 0.25) is 0 Å². The van der Waals surface area contributed by atoms with Gasteiger partial charge in [-0.2, -0.15) is 0 Å². The molecule has 0 spiro atoms. The van der Waals surface area contributed by atoms with E-state index in [1.54, 1.807) is 41.5 Å². The molecule has 0 aliphatic carbocycles. The minimum Gasteiger partial charge on any atom is -0.467 e. The van der Waals surface area contributed by atoms with Gasteiger partial charge in [0.05, 0.1) is 20.8 Å². The number of hydrogen-bond acceptors (Lipinski definition) is 9. The number of carbonyl (C=O) groups is 4. The van der Waals surface area contributed by atoms with E-state index in [0.29, 0.717) is 0 Å². The van der Waals surface area contributed by atoms with E-state index in [2.05, 4.69) is 36.0 Å². The van der Waals surface area contributed by atoms with Gasteiger partial charge in [-0.25, -0.2) is 19.2 Å². The van der Waals surface area contributed by atoms with Crippen LogP contribution in [0.5, 0.6) is 0 Å². The van der Waals surface area contributed by atoms with Crippen LogP contribution in [0.3, 0.4) is 0 Å². The van der Waals surface area contributed by atoms with E-state index in [1.165, 1.54) is 14.2 Å². The quantitative estimate of drug-likeness (QED) is 0.280. The van der Waals surface area contributed by atoms with E-state index >= 15 is 0 Å². The molecule has 0 aliphatic heterocycles. The van der Waals surface area contributed by atoms with E-state index < -0.39 is 54.0 Å². The number of rotatable bonds is 6. The van der Waals surface area contributed by atoms with Crippen LogP contribution in [-0.2, 0) is 28.5 Å². The molecule has 0 aromatic rings. The number of carbonyl (C=O) groups excluding carboxylic acids is 4. The van der Waals surface area contributed by atoms with Gasteiger partial charge in [-0.05, 0) is 41.5 Å². The summed E-state index contributed by atoms with van der Waals surface area (Å²) >= 11 is 3.09. The van der Waals surface area contributed by atoms with Crippen molar-refractivity contribution in [1.82, 2.24) is 10.6 Å². The van der Waals surface area contributed by atoms with Gasteiger partial charge in [0.2, 0.25) is 0 Å². The highest BCUT2D eigenvalue weighted by Gasteiger charge is 2.25. The van der Waals surface area contributed by atoms with Gasteiger partial charge < -0.3 is 34.7 Å². The largest absolute Gasteiger partial charge is 0.467 e. The summed E-state index contributed by atoms with van der Waals surface area (Å²) in [4.78, 5) is 44.6. The van der Waals surface area contributed by atoms with Gasteiger partial charge in [-0.15, -0.1) is 0 Å². The molecule has 0 aliphatic rings. The van der Waals surface area contributed by atoms with Crippen LogP contribution in [0, 0.1) is 0 Å². The van der Waals surface area contributed by atoms with Gasteiger partial charge in [-0.1, -0.05) is 15.9 Å². The summed E-state index contributed by atoms with van der Waals surface area (Å²) in [5.74, 6) is -1.24. The molecule has 2 amide bonds. The molecule has 0 aromatic carbocycles. The van der Waals surface area contributed by atoms with Crippen molar-refractivity contribution in [1.29, 1.82) is 0 Å². The summed E-state index contributed by atoms with van der Waals surface area (Å²) < 4.78 is 18.7. The number of halogens is 1. The van der Waals surface area contributed by atoms with Crippen molar-refractivity contribution < 1.29 is 43.2 Å². The first-order valence-corrected chi connectivity index (χ1v) is 10.0. The van der Waals surface area contributed by atoms with Crippen LogP contribution in [0.15, 0.2) is 0 Å². The Labute approximate surface area is 185 Å². The number of amides is 2. The Bertz CT molecular complexity index is 521. The molecule has 0 aromatic heterocycles. The second-order valence-electron chi connectivity index (χ2n) is 7.78. The maximum atomic E-state index is 11.3. The number of aliphatic hydroxyl groups excluding tert-OH is 1. The fraction of sp³-hybridized carbons (Fsp3) is 0.778. The van der Waals surface area contributed by atoms with Crippen molar-refractivity contribution in [2.24, 2.45) is 0 Å². The Morgan fingerprint density at radius 3 is 1.40 bits per heavy atom. The first-order chi connectivity index (χ1) is 13.6. The third-order valence-electron chi connectivity index (χ3n) is 2.69. The van der Waals surface area contributed by atoms with Gasteiger partial charge in [0.15, 0.2) is 6.04 Å². The number of hydrogen-bond donors (Lipinski definition) is 3. The molecule has 0 saturated heterocycles. The Morgan fingerprint density at radius 1 is 0.800 bits per heavy atom. The highest BCUT2D eigenvalue weighted by atomic mass is 79.9. The summed E-state index contributed by atoms with van der Waals surface area (Å²) in [7, 11) is 2.43. The maximum absolute atomic E-state index is 11.3. The normalized spacial score (nSPS) is 12.9. The molecule has 3 N–H and O–H groups in total. The first-order valence-electron chi connectivity index (χ1n) is 8.91. The molecule has 0 bridgehead atoms. The van der Waals surface area contributed by atoms with Crippen LogP contribution >= 0.6 is 15.9 Å². The summed E-state index contributed by atoms with van der Waals surface area (Å²) in [6.07, 6.45) is -1.41. The molecule has 2 unspecified atom stereocenters.